The van der Waals surface area contributed by atoms with Crippen LogP contribution in [0.5, 0.6) is 5.75 Å². The van der Waals surface area contributed by atoms with Crippen LogP contribution < -0.4 is 4.74 Å². The molecule has 74 valence electrons. The molecule has 0 bridgehead atoms. The minimum Gasteiger partial charge on any atom is -0.485 e. The molecule has 4 nitrogen and oxygen atoms in total. The summed E-state index contributed by atoms with van der Waals surface area (Å²) in [5.41, 5.74) is 0.411. The Morgan fingerprint density at radius 2 is 2.07 bits per heavy atom. The van der Waals surface area contributed by atoms with Gasteiger partial charge >= 0.3 is 0 Å². The predicted octanol–water partition coefficient (Wildman–Crippen LogP) is 1.83. The van der Waals surface area contributed by atoms with Gasteiger partial charge in [0.05, 0.1) is 11.9 Å². The third kappa shape index (κ3) is 2.70. The van der Waals surface area contributed by atoms with Crippen molar-refractivity contribution in [2.75, 3.05) is 0 Å². The standard InChI is InChI=1S/C10H13N3O/c1-7-8(14-10(2,3)4)6-12-9(5-11)13-7/h6H,1-4H3. The highest BCUT2D eigenvalue weighted by Crippen LogP contribution is 2.19. The lowest BCUT2D eigenvalue weighted by molar-refractivity contribution is 0.128. The normalized spacial score (nSPS) is 10.8. The van der Waals surface area contributed by atoms with E-state index in [4.69, 9.17) is 10.00 Å². The van der Waals surface area contributed by atoms with Crippen LogP contribution in [0.15, 0.2) is 6.20 Å². The molecule has 1 aromatic heterocycles. The lowest BCUT2D eigenvalue weighted by Gasteiger charge is -2.21. The maximum absolute atomic E-state index is 8.57. The third-order valence-corrected chi connectivity index (χ3v) is 1.45. The van der Waals surface area contributed by atoms with Crippen LogP contribution in [-0.2, 0) is 0 Å². The SMILES string of the molecule is Cc1nc(C#N)ncc1OC(C)(C)C. The number of rotatable bonds is 1. The van der Waals surface area contributed by atoms with Gasteiger partial charge in [-0.15, -0.1) is 0 Å². The molecule has 0 fully saturated rings. The van der Waals surface area contributed by atoms with Crippen molar-refractivity contribution in [1.29, 1.82) is 5.26 Å². The molecule has 0 aromatic carbocycles. The number of nitriles is 1. The van der Waals surface area contributed by atoms with Crippen LogP contribution in [0.25, 0.3) is 0 Å². The molecular formula is C10H13N3O. The summed E-state index contributed by atoms with van der Waals surface area (Å²) in [4.78, 5) is 7.82. The molecule has 1 rings (SSSR count). The molecule has 14 heavy (non-hydrogen) atoms. The Morgan fingerprint density at radius 3 is 2.50 bits per heavy atom. The second-order valence-electron chi connectivity index (χ2n) is 3.97. The Labute approximate surface area is 83.6 Å². The van der Waals surface area contributed by atoms with Crippen LogP contribution in [0.4, 0.5) is 0 Å². The summed E-state index contributed by atoms with van der Waals surface area (Å²) in [5.74, 6) is 0.792. The number of nitrogens with zero attached hydrogens (tertiary/aromatic N) is 3. The zero-order valence-electron chi connectivity index (χ0n) is 8.83. The van der Waals surface area contributed by atoms with Gasteiger partial charge in [-0.3, -0.25) is 0 Å². The summed E-state index contributed by atoms with van der Waals surface area (Å²) in [6.07, 6.45) is 1.53. The minimum absolute atomic E-state index is 0.170. The first-order valence-electron chi connectivity index (χ1n) is 4.35. The van der Waals surface area contributed by atoms with E-state index in [0.717, 1.165) is 0 Å². The van der Waals surface area contributed by atoms with Crippen molar-refractivity contribution in [3.8, 4) is 11.8 Å². The predicted molar refractivity (Wildman–Crippen MR) is 51.9 cm³/mol. The van der Waals surface area contributed by atoms with Crippen molar-refractivity contribution in [2.24, 2.45) is 0 Å². The van der Waals surface area contributed by atoms with E-state index in [1.54, 1.807) is 6.92 Å². The van der Waals surface area contributed by atoms with E-state index in [2.05, 4.69) is 9.97 Å². The largest absolute Gasteiger partial charge is 0.485 e. The summed E-state index contributed by atoms with van der Waals surface area (Å²) in [6.45, 7) is 7.64. The molecule has 1 aromatic rings. The zero-order valence-corrected chi connectivity index (χ0v) is 8.83. The number of aromatic nitrogens is 2. The van der Waals surface area contributed by atoms with Crippen molar-refractivity contribution < 1.29 is 4.74 Å². The number of aryl methyl sites for hydroxylation is 1. The Bertz CT molecular complexity index is 374. The minimum atomic E-state index is -0.276. The molecule has 0 saturated carbocycles. The van der Waals surface area contributed by atoms with Gasteiger partial charge in [0.2, 0.25) is 5.82 Å². The molecule has 0 radical (unpaired) electrons. The maximum atomic E-state index is 8.57. The van der Waals surface area contributed by atoms with Crippen molar-refractivity contribution >= 4 is 0 Å². The summed E-state index contributed by atoms with van der Waals surface area (Å²) in [5, 5.41) is 8.57. The van der Waals surface area contributed by atoms with Crippen LogP contribution in [-0.4, -0.2) is 15.6 Å². The van der Waals surface area contributed by atoms with E-state index in [0.29, 0.717) is 11.4 Å². The third-order valence-electron chi connectivity index (χ3n) is 1.45. The number of hydrogen-bond acceptors (Lipinski definition) is 4. The highest BCUT2D eigenvalue weighted by Gasteiger charge is 2.14. The molecule has 1 heterocycles. The fourth-order valence-corrected chi connectivity index (χ4v) is 0.940. The summed E-state index contributed by atoms with van der Waals surface area (Å²) < 4.78 is 5.60. The molecule has 0 aliphatic heterocycles. The fraction of sp³-hybridized carbons (Fsp3) is 0.500. The molecule has 0 amide bonds. The summed E-state index contributed by atoms with van der Waals surface area (Å²) in [6, 6.07) is 1.88. The van der Waals surface area contributed by atoms with Gasteiger partial charge in [-0.2, -0.15) is 5.26 Å². The van der Waals surface area contributed by atoms with Crippen LogP contribution in [0.3, 0.4) is 0 Å². The van der Waals surface area contributed by atoms with E-state index in [-0.39, 0.29) is 11.4 Å². The van der Waals surface area contributed by atoms with E-state index >= 15 is 0 Å². The van der Waals surface area contributed by atoms with Gasteiger partial charge in [-0.25, -0.2) is 9.97 Å². The average molecular weight is 191 g/mol. The van der Waals surface area contributed by atoms with Gasteiger partial charge < -0.3 is 4.74 Å². The lowest BCUT2D eigenvalue weighted by atomic mass is 10.2. The zero-order chi connectivity index (χ0) is 10.8. The van der Waals surface area contributed by atoms with Crippen molar-refractivity contribution in [3.05, 3.63) is 17.7 Å². The monoisotopic (exact) mass is 191 g/mol. The van der Waals surface area contributed by atoms with Gasteiger partial charge in [0.1, 0.15) is 11.7 Å². The molecule has 0 spiro atoms. The van der Waals surface area contributed by atoms with Crippen LogP contribution in [0.2, 0.25) is 0 Å². The van der Waals surface area contributed by atoms with Gasteiger partial charge in [0, 0.05) is 0 Å². The fourth-order valence-electron chi connectivity index (χ4n) is 0.940. The maximum Gasteiger partial charge on any atom is 0.232 e. The quantitative estimate of drug-likeness (QED) is 0.679. The number of ether oxygens (including phenoxy) is 1. The molecule has 4 heteroatoms. The van der Waals surface area contributed by atoms with E-state index in [1.165, 1.54) is 6.20 Å². The highest BCUT2D eigenvalue weighted by atomic mass is 16.5. The Morgan fingerprint density at radius 1 is 1.43 bits per heavy atom. The topological polar surface area (TPSA) is 58.8 Å². The van der Waals surface area contributed by atoms with Gasteiger partial charge in [0.25, 0.3) is 0 Å². The smallest absolute Gasteiger partial charge is 0.232 e. The first kappa shape index (κ1) is 10.5. The molecule has 0 N–H and O–H groups in total. The van der Waals surface area contributed by atoms with Crippen LogP contribution in [0, 0.1) is 18.3 Å². The Balaban J connectivity index is 2.97. The van der Waals surface area contributed by atoms with Gasteiger partial charge in [-0.1, -0.05) is 0 Å². The lowest BCUT2D eigenvalue weighted by Crippen LogP contribution is -2.23. The Hall–Kier alpha value is -1.63. The second kappa shape index (κ2) is 3.62. The van der Waals surface area contributed by atoms with Gasteiger partial charge in [0.15, 0.2) is 5.75 Å². The molecular weight excluding hydrogens is 178 g/mol. The molecule has 0 atom stereocenters. The van der Waals surface area contributed by atoms with Crippen molar-refractivity contribution in [2.45, 2.75) is 33.3 Å². The first-order chi connectivity index (χ1) is 6.42. The second-order valence-corrected chi connectivity index (χ2v) is 3.97. The first-order valence-corrected chi connectivity index (χ1v) is 4.35. The van der Waals surface area contributed by atoms with Gasteiger partial charge in [-0.05, 0) is 27.7 Å². The van der Waals surface area contributed by atoms with Crippen LogP contribution in [0.1, 0.15) is 32.3 Å². The molecule has 0 aliphatic carbocycles. The van der Waals surface area contributed by atoms with Crippen LogP contribution >= 0.6 is 0 Å². The molecule has 0 saturated heterocycles. The highest BCUT2D eigenvalue weighted by molar-refractivity contribution is 5.26. The van der Waals surface area contributed by atoms with E-state index < -0.39 is 0 Å². The molecule has 0 aliphatic rings. The summed E-state index contributed by atoms with van der Waals surface area (Å²) >= 11 is 0. The van der Waals surface area contributed by atoms with E-state index in [9.17, 15) is 0 Å². The van der Waals surface area contributed by atoms with Crippen molar-refractivity contribution in [3.63, 3.8) is 0 Å². The van der Waals surface area contributed by atoms with Crippen molar-refractivity contribution in [1.82, 2.24) is 9.97 Å². The molecule has 0 unspecified atom stereocenters. The van der Waals surface area contributed by atoms with E-state index in [1.807, 2.05) is 26.8 Å². The Kier molecular flexibility index (Phi) is 2.70. The summed E-state index contributed by atoms with van der Waals surface area (Å²) in [7, 11) is 0. The average Bonchev–Trinajstić information content (AvgIpc) is 2.06. The number of hydrogen-bond donors (Lipinski definition) is 0.